The van der Waals surface area contributed by atoms with Crippen LogP contribution in [0.3, 0.4) is 0 Å². The molecule has 1 amide bonds. The monoisotopic (exact) mass is 540 g/mol. The Bertz CT molecular complexity index is 1330. The second-order valence-corrected chi connectivity index (χ2v) is 10.7. The van der Waals surface area contributed by atoms with E-state index in [-0.39, 0.29) is 30.3 Å². The average Bonchev–Trinajstić information content (AvgIpc) is 3.53. The van der Waals surface area contributed by atoms with E-state index in [4.69, 9.17) is 9.72 Å². The van der Waals surface area contributed by atoms with Gasteiger partial charge < -0.3 is 24.6 Å². The number of nitrogens with one attached hydrogen (secondary N) is 1. The van der Waals surface area contributed by atoms with Crippen molar-refractivity contribution in [3.05, 3.63) is 77.8 Å². The number of imidazole rings is 1. The molecule has 1 aromatic heterocycles. The maximum absolute atomic E-state index is 14.9. The van der Waals surface area contributed by atoms with Crippen LogP contribution in [-0.2, 0) is 16.1 Å². The molecule has 4 heterocycles. The number of alkyl halides is 1. The Labute approximate surface area is 224 Å². The van der Waals surface area contributed by atoms with Gasteiger partial charge in [0.05, 0.1) is 11.7 Å². The van der Waals surface area contributed by atoms with Crippen molar-refractivity contribution in [3.63, 3.8) is 0 Å². The summed E-state index contributed by atoms with van der Waals surface area (Å²) >= 11 is 0. The molecule has 2 N–H and O–H groups in total. The standard InChI is InChI=1S/C29H31F3N4O3/c30-19-6-7-22(31)20(12-19)24-16-35(14-17-4-2-1-3-5-17)28(34-24)26(18-8-10-39-11-9-18)36-15-21-23(32)13-33-25(21)27(37)29(36)38/h1-7,12,16,18,21,23,25-27,33,37H,8-11,13-15H2/t21-,23-,25?,26+,27-/m0/s1. The summed E-state index contributed by atoms with van der Waals surface area (Å²) in [5.74, 6) is -1.83. The minimum absolute atomic E-state index is 0.0164. The number of piperidine rings is 1. The minimum Gasteiger partial charge on any atom is -0.382 e. The van der Waals surface area contributed by atoms with Gasteiger partial charge in [-0.1, -0.05) is 30.3 Å². The zero-order valence-corrected chi connectivity index (χ0v) is 21.3. The molecule has 3 aromatic rings. The first kappa shape index (κ1) is 26.0. The molecule has 39 heavy (non-hydrogen) atoms. The van der Waals surface area contributed by atoms with Crippen molar-refractivity contribution in [2.75, 3.05) is 26.3 Å². The molecule has 0 spiro atoms. The van der Waals surface area contributed by atoms with E-state index in [1.54, 1.807) is 11.1 Å². The van der Waals surface area contributed by atoms with Gasteiger partial charge in [0.15, 0.2) is 0 Å². The van der Waals surface area contributed by atoms with Crippen LogP contribution in [0.4, 0.5) is 13.2 Å². The fourth-order valence-corrected chi connectivity index (χ4v) is 6.27. The summed E-state index contributed by atoms with van der Waals surface area (Å²) in [7, 11) is 0. The highest BCUT2D eigenvalue weighted by Crippen LogP contribution is 2.41. The predicted molar refractivity (Wildman–Crippen MR) is 137 cm³/mol. The number of aliphatic hydroxyl groups is 1. The molecule has 3 aliphatic heterocycles. The second-order valence-electron chi connectivity index (χ2n) is 10.7. The third kappa shape index (κ3) is 4.97. The Kier molecular flexibility index (Phi) is 7.18. The lowest BCUT2D eigenvalue weighted by Crippen LogP contribution is -2.60. The van der Waals surface area contributed by atoms with E-state index in [1.165, 1.54) is 0 Å². The van der Waals surface area contributed by atoms with Crippen LogP contribution in [0.15, 0.2) is 54.7 Å². The molecule has 3 fully saturated rings. The maximum atomic E-state index is 14.9. The Morgan fingerprint density at radius 1 is 1.13 bits per heavy atom. The molecule has 6 rings (SSSR count). The number of hydrogen-bond donors (Lipinski definition) is 2. The summed E-state index contributed by atoms with van der Waals surface area (Å²) < 4.78 is 51.3. The smallest absolute Gasteiger partial charge is 0.253 e. The molecule has 0 radical (unpaired) electrons. The number of benzene rings is 2. The number of aliphatic hydroxyl groups excluding tert-OH is 1. The van der Waals surface area contributed by atoms with Crippen molar-refractivity contribution in [2.24, 2.45) is 11.8 Å². The molecular weight excluding hydrogens is 509 g/mol. The Hall–Kier alpha value is -3.21. The van der Waals surface area contributed by atoms with Crippen molar-refractivity contribution >= 4 is 5.91 Å². The lowest BCUT2D eigenvalue weighted by molar-refractivity contribution is -0.154. The van der Waals surface area contributed by atoms with Gasteiger partial charge in [0, 0.05) is 56.6 Å². The number of carbonyl (C=O) groups is 1. The first-order chi connectivity index (χ1) is 18.9. The van der Waals surface area contributed by atoms with Crippen LogP contribution in [0, 0.1) is 23.5 Å². The van der Waals surface area contributed by atoms with Gasteiger partial charge in [0.1, 0.15) is 29.7 Å². The van der Waals surface area contributed by atoms with Crippen LogP contribution in [0.25, 0.3) is 11.3 Å². The van der Waals surface area contributed by atoms with Gasteiger partial charge in [0.2, 0.25) is 0 Å². The van der Waals surface area contributed by atoms with Gasteiger partial charge in [0.25, 0.3) is 5.91 Å². The fourth-order valence-electron chi connectivity index (χ4n) is 6.27. The first-order valence-electron chi connectivity index (χ1n) is 13.4. The number of carbonyl (C=O) groups excluding carboxylic acids is 1. The van der Waals surface area contributed by atoms with Gasteiger partial charge in [-0.3, -0.25) is 4.79 Å². The SMILES string of the molecule is O=C1[C@@H](O)C2NC[C@H](F)[C@@H]2CN1[C@@H](c1nc(-c2cc(F)ccc2F)cn1Cc1ccccc1)C1CCOCC1. The zero-order chi connectivity index (χ0) is 27.1. The van der Waals surface area contributed by atoms with Crippen LogP contribution in [0.2, 0.25) is 0 Å². The number of amides is 1. The first-order valence-corrected chi connectivity index (χ1v) is 13.4. The summed E-state index contributed by atoms with van der Waals surface area (Å²) in [6, 6.07) is 11.6. The van der Waals surface area contributed by atoms with Gasteiger partial charge in [-0.15, -0.1) is 0 Å². The molecule has 1 unspecified atom stereocenters. The van der Waals surface area contributed by atoms with Crippen LogP contribution < -0.4 is 5.32 Å². The molecule has 3 saturated heterocycles. The van der Waals surface area contributed by atoms with E-state index >= 15 is 0 Å². The Balaban J connectivity index is 1.48. The number of ether oxygens (including phenoxy) is 1. The van der Waals surface area contributed by atoms with Gasteiger partial charge in [-0.05, 0) is 42.5 Å². The molecule has 0 bridgehead atoms. The lowest BCUT2D eigenvalue weighted by Gasteiger charge is -2.45. The molecule has 0 saturated carbocycles. The third-order valence-corrected chi connectivity index (χ3v) is 8.28. The molecule has 206 valence electrons. The summed E-state index contributed by atoms with van der Waals surface area (Å²) in [5.41, 5.74) is 1.22. The van der Waals surface area contributed by atoms with E-state index in [1.807, 2.05) is 34.9 Å². The average molecular weight is 541 g/mol. The van der Waals surface area contributed by atoms with Crippen molar-refractivity contribution < 1.29 is 27.8 Å². The van der Waals surface area contributed by atoms with E-state index in [0.717, 1.165) is 23.8 Å². The largest absolute Gasteiger partial charge is 0.382 e. The summed E-state index contributed by atoms with van der Waals surface area (Å²) in [5, 5.41) is 13.9. The molecule has 10 heteroatoms. The van der Waals surface area contributed by atoms with Crippen LogP contribution >= 0.6 is 0 Å². The fraction of sp³-hybridized carbons (Fsp3) is 0.448. The van der Waals surface area contributed by atoms with Crippen LogP contribution in [-0.4, -0.2) is 70.1 Å². The van der Waals surface area contributed by atoms with Crippen molar-refractivity contribution in [2.45, 2.75) is 43.7 Å². The minimum atomic E-state index is -1.38. The Morgan fingerprint density at radius 3 is 2.67 bits per heavy atom. The highest BCUT2D eigenvalue weighted by Gasteiger charge is 2.52. The van der Waals surface area contributed by atoms with E-state index in [9.17, 15) is 23.1 Å². The second kappa shape index (κ2) is 10.7. The topological polar surface area (TPSA) is 79.6 Å². The van der Waals surface area contributed by atoms with Gasteiger partial charge >= 0.3 is 0 Å². The summed E-state index contributed by atoms with van der Waals surface area (Å²) in [6.07, 6.45) is 0.367. The number of likely N-dealkylation sites (tertiary alicyclic amines) is 1. The highest BCUT2D eigenvalue weighted by molar-refractivity contribution is 5.83. The summed E-state index contributed by atoms with van der Waals surface area (Å²) in [6.45, 7) is 1.58. The quantitative estimate of drug-likeness (QED) is 0.501. The third-order valence-electron chi connectivity index (χ3n) is 8.28. The normalized spacial score (nSPS) is 26.6. The van der Waals surface area contributed by atoms with Crippen molar-refractivity contribution in [1.29, 1.82) is 0 Å². The van der Waals surface area contributed by atoms with Crippen molar-refractivity contribution in [3.8, 4) is 11.3 Å². The zero-order valence-electron chi connectivity index (χ0n) is 21.3. The van der Waals surface area contributed by atoms with Crippen LogP contribution in [0.5, 0.6) is 0 Å². The molecule has 7 nitrogen and oxygen atoms in total. The number of nitrogens with zero attached hydrogens (tertiary/aromatic N) is 3. The number of hydrogen-bond acceptors (Lipinski definition) is 5. The predicted octanol–water partition coefficient (Wildman–Crippen LogP) is 3.47. The van der Waals surface area contributed by atoms with Crippen LogP contribution in [0.1, 0.15) is 30.3 Å². The van der Waals surface area contributed by atoms with E-state index in [0.29, 0.717) is 38.4 Å². The molecule has 5 atom stereocenters. The van der Waals surface area contributed by atoms with E-state index in [2.05, 4.69) is 5.32 Å². The maximum Gasteiger partial charge on any atom is 0.253 e. The van der Waals surface area contributed by atoms with E-state index < -0.39 is 47.8 Å². The highest BCUT2D eigenvalue weighted by atomic mass is 19.1. The number of fused-ring (bicyclic) bond motifs is 1. The summed E-state index contributed by atoms with van der Waals surface area (Å²) in [4.78, 5) is 20.0. The molecule has 2 aromatic carbocycles. The molecule has 3 aliphatic rings. The molecular formula is C29H31F3N4O3. The lowest BCUT2D eigenvalue weighted by atomic mass is 9.84. The number of rotatable bonds is 6. The van der Waals surface area contributed by atoms with Gasteiger partial charge in [-0.25, -0.2) is 18.2 Å². The number of halogens is 3. The van der Waals surface area contributed by atoms with Gasteiger partial charge in [-0.2, -0.15) is 0 Å². The molecule has 0 aliphatic carbocycles. The number of aromatic nitrogens is 2. The Morgan fingerprint density at radius 2 is 1.90 bits per heavy atom. The van der Waals surface area contributed by atoms with Crippen molar-refractivity contribution in [1.82, 2.24) is 19.8 Å².